The van der Waals surface area contributed by atoms with Gasteiger partial charge in [-0.1, -0.05) is 54.6 Å². The van der Waals surface area contributed by atoms with Crippen molar-refractivity contribution in [2.75, 3.05) is 6.61 Å². The fourth-order valence-corrected chi connectivity index (χ4v) is 1.92. The summed E-state index contributed by atoms with van der Waals surface area (Å²) in [6.45, 7) is 8.02. The van der Waals surface area contributed by atoms with Gasteiger partial charge in [0.05, 0.1) is 0 Å². The molecule has 0 saturated carbocycles. The first-order valence-corrected chi connectivity index (χ1v) is 6.87. The molecule has 0 aliphatic heterocycles. The van der Waals surface area contributed by atoms with E-state index in [-0.39, 0.29) is 12.4 Å². The first kappa shape index (κ1) is 17.3. The Morgan fingerprint density at radius 2 is 1.48 bits per heavy atom. The summed E-state index contributed by atoms with van der Waals surface area (Å²) >= 11 is 0. The maximum atomic E-state index is 5.46. The van der Waals surface area contributed by atoms with Crippen molar-refractivity contribution in [1.82, 2.24) is 5.32 Å². The molecule has 0 fully saturated rings. The van der Waals surface area contributed by atoms with Gasteiger partial charge in [0.25, 0.3) is 0 Å². The van der Waals surface area contributed by atoms with Crippen LogP contribution >= 0.6 is 0 Å². The fraction of sp³-hybridized carbons (Fsp3) is 0.222. The standard InChI is InChI=1S/C18H21NO.ClH/c1-3-12-20-18-10-8-17(9-11-18)14-19-13-16-6-4-15(2)5-7-16;/h3-11,19H,1,12-14H2,2H3;1H/p-1. The van der Waals surface area contributed by atoms with Crippen LogP contribution in [0.4, 0.5) is 0 Å². The molecular formula is C18H21ClNO-. The van der Waals surface area contributed by atoms with Gasteiger partial charge >= 0.3 is 0 Å². The van der Waals surface area contributed by atoms with Crippen molar-refractivity contribution in [3.8, 4) is 5.75 Å². The molecule has 0 saturated heterocycles. The number of ether oxygens (including phenoxy) is 1. The van der Waals surface area contributed by atoms with E-state index < -0.39 is 0 Å². The Morgan fingerprint density at radius 1 is 0.952 bits per heavy atom. The van der Waals surface area contributed by atoms with Crippen LogP contribution in [0.3, 0.4) is 0 Å². The minimum atomic E-state index is 0. The number of benzene rings is 2. The molecule has 1 N–H and O–H groups in total. The highest BCUT2D eigenvalue weighted by Crippen LogP contribution is 2.12. The highest BCUT2D eigenvalue weighted by atomic mass is 35.5. The zero-order valence-corrected chi connectivity index (χ0v) is 13.1. The molecule has 2 aromatic rings. The molecule has 2 aromatic carbocycles. The number of hydrogen-bond acceptors (Lipinski definition) is 2. The van der Waals surface area contributed by atoms with E-state index in [4.69, 9.17) is 4.74 Å². The molecule has 112 valence electrons. The lowest BCUT2D eigenvalue weighted by Crippen LogP contribution is -3.00. The van der Waals surface area contributed by atoms with Crippen molar-refractivity contribution < 1.29 is 17.1 Å². The van der Waals surface area contributed by atoms with Crippen LogP contribution in [-0.2, 0) is 13.1 Å². The zero-order chi connectivity index (χ0) is 14.2. The zero-order valence-electron chi connectivity index (χ0n) is 12.3. The van der Waals surface area contributed by atoms with E-state index in [1.165, 1.54) is 16.7 Å². The van der Waals surface area contributed by atoms with E-state index >= 15 is 0 Å². The molecule has 2 rings (SSSR count). The van der Waals surface area contributed by atoms with E-state index in [9.17, 15) is 0 Å². The highest BCUT2D eigenvalue weighted by molar-refractivity contribution is 5.27. The predicted molar refractivity (Wildman–Crippen MR) is 83.9 cm³/mol. The summed E-state index contributed by atoms with van der Waals surface area (Å²) < 4.78 is 5.46. The molecule has 21 heavy (non-hydrogen) atoms. The van der Waals surface area contributed by atoms with Gasteiger partial charge in [-0.3, -0.25) is 0 Å². The van der Waals surface area contributed by atoms with Crippen LogP contribution in [0.5, 0.6) is 5.75 Å². The summed E-state index contributed by atoms with van der Waals surface area (Å²) in [6, 6.07) is 16.8. The third-order valence-electron chi connectivity index (χ3n) is 3.07. The average Bonchev–Trinajstić information content (AvgIpc) is 2.48. The van der Waals surface area contributed by atoms with Gasteiger partial charge in [0.15, 0.2) is 0 Å². The molecular weight excluding hydrogens is 282 g/mol. The highest BCUT2D eigenvalue weighted by Gasteiger charge is 1.96. The molecule has 0 amide bonds. The number of hydrogen-bond donors (Lipinski definition) is 1. The lowest BCUT2D eigenvalue weighted by atomic mass is 10.1. The first-order valence-electron chi connectivity index (χ1n) is 6.87. The van der Waals surface area contributed by atoms with Crippen molar-refractivity contribution in [1.29, 1.82) is 0 Å². The number of nitrogens with one attached hydrogen (secondary N) is 1. The molecule has 0 aromatic heterocycles. The molecule has 0 radical (unpaired) electrons. The van der Waals surface area contributed by atoms with Crippen LogP contribution in [0, 0.1) is 6.92 Å². The van der Waals surface area contributed by atoms with Crippen LogP contribution in [-0.4, -0.2) is 6.61 Å². The Hall–Kier alpha value is -1.77. The van der Waals surface area contributed by atoms with Crippen molar-refractivity contribution in [3.63, 3.8) is 0 Å². The monoisotopic (exact) mass is 302 g/mol. The van der Waals surface area contributed by atoms with Gasteiger partial charge in [0, 0.05) is 13.1 Å². The van der Waals surface area contributed by atoms with Crippen LogP contribution in [0.15, 0.2) is 61.2 Å². The number of halogens is 1. The number of rotatable bonds is 7. The van der Waals surface area contributed by atoms with Gasteiger partial charge in [0.2, 0.25) is 0 Å². The van der Waals surface area contributed by atoms with E-state index in [1.807, 2.05) is 12.1 Å². The normalized spacial score (nSPS) is 9.76. The average molecular weight is 303 g/mol. The molecule has 0 aliphatic carbocycles. The molecule has 0 heterocycles. The minimum absolute atomic E-state index is 0. The maximum absolute atomic E-state index is 5.46. The summed E-state index contributed by atoms with van der Waals surface area (Å²) in [6.07, 6.45) is 1.75. The Kier molecular flexibility index (Phi) is 7.59. The van der Waals surface area contributed by atoms with Gasteiger partial charge in [0.1, 0.15) is 12.4 Å². The second-order valence-corrected chi connectivity index (χ2v) is 4.83. The Bertz CT molecular complexity index is 534. The second-order valence-electron chi connectivity index (χ2n) is 4.83. The van der Waals surface area contributed by atoms with Crippen molar-refractivity contribution in [3.05, 3.63) is 77.9 Å². The van der Waals surface area contributed by atoms with Gasteiger partial charge in [-0.05, 0) is 30.2 Å². The molecule has 0 aliphatic rings. The third kappa shape index (κ3) is 6.03. The van der Waals surface area contributed by atoms with E-state index in [2.05, 4.69) is 55.2 Å². The number of aryl methyl sites for hydroxylation is 1. The van der Waals surface area contributed by atoms with Crippen LogP contribution in [0.25, 0.3) is 0 Å². The Balaban J connectivity index is 0.00000220. The molecule has 0 spiro atoms. The van der Waals surface area contributed by atoms with Gasteiger partial charge in [-0.2, -0.15) is 0 Å². The van der Waals surface area contributed by atoms with Gasteiger partial charge < -0.3 is 22.5 Å². The Morgan fingerprint density at radius 3 is 2.00 bits per heavy atom. The van der Waals surface area contributed by atoms with Crippen molar-refractivity contribution in [2.24, 2.45) is 0 Å². The van der Waals surface area contributed by atoms with Gasteiger partial charge in [-0.25, -0.2) is 0 Å². The summed E-state index contributed by atoms with van der Waals surface area (Å²) in [4.78, 5) is 0. The second kappa shape index (κ2) is 9.22. The predicted octanol–water partition coefficient (Wildman–Crippen LogP) is 0.854. The molecule has 0 bridgehead atoms. The molecule has 2 nitrogen and oxygen atoms in total. The van der Waals surface area contributed by atoms with Crippen LogP contribution < -0.4 is 22.5 Å². The summed E-state index contributed by atoms with van der Waals surface area (Å²) in [5.74, 6) is 0.882. The van der Waals surface area contributed by atoms with E-state index in [0.29, 0.717) is 6.61 Å². The summed E-state index contributed by atoms with van der Waals surface area (Å²) in [5, 5.41) is 3.44. The van der Waals surface area contributed by atoms with Crippen molar-refractivity contribution in [2.45, 2.75) is 20.0 Å². The maximum Gasteiger partial charge on any atom is 0.119 e. The lowest BCUT2D eigenvalue weighted by Gasteiger charge is -2.07. The smallest absolute Gasteiger partial charge is 0.119 e. The van der Waals surface area contributed by atoms with E-state index in [1.54, 1.807) is 6.08 Å². The topological polar surface area (TPSA) is 21.3 Å². The fourth-order valence-electron chi connectivity index (χ4n) is 1.92. The Labute approximate surface area is 133 Å². The lowest BCUT2D eigenvalue weighted by molar-refractivity contribution is -0.00000457. The summed E-state index contributed by atoms with van der Waals surface area (Å²) in [5.41, 5.74) is 3.86. The molecule has 0 unspecified atom stereocenters. The minimum Gasteiger partial charge on any atom is -1.00 e. The van der Waals surface area contributed by atoms with E-state index in [0.717, 1.165) is 18.8 Å². The molecule has 0 atom stereocenters. The van der Waals surface area contributed by atoms with Gasteiger partial charge in [-0.15, -0.1) is 0 Å². The van der Waals surface area contributed by atoms with Crippen molar-refractivity contribution >= 4 is 0 Å². The first-order chi connectivity index (χ1) is 9.78. The largest absolute Gasteiger partial charge is 1.00 e. The summed E-state index contributed by atoms with van der Waals surface area (Å²) in [7, 11) is 0. The molecule has 3 heteroatoms. The SMILES string of the molecule is C=CCOc1ccc(CNCc2ccc(C)cc2)cc1.[Cl-]. The quantitative estimate of drug-likeness (QED) is 0.766. The van der Waals surface area contributed by atoms with Crippen LogP contribution in [0.2, 0.25) is 0 Å². The van der Waals surface area contributed by atoms with Crippen LogP contribution in [0.1, 0.15) is 16.7 Å². The third-order valence-corrected chi connectivity index (χ3v) is 3.07.